The zero-order valence-electron chi connectivity index (χ0n) is 16.6. The minimum Gasteiger partial charge on any atom is -0.508 e. The Labute approximate surface area is 191 Å². The molecule has 2 amide bonds. The van der Waals surface area contributed by atoms with Gasteiger partial charge in [-0.05, 0) is 54.6 Å². The van der Waals surface area contributed by atoms with Crippen molar-refractivity contribution in [1.29, 1.82) is 0 Å². The smallest absolute Gasteiger partial charge is 0.295 e. The van der Waals surface area contributed by atoms with Crippen molar-refractivity contribution in [2.45, 2.75) is 6.54 Å². The molecule has 0 aliphatic heterocycles. The monoisotopic (exact) mass is 492 g/mol. The molecule has 0 radical (unpaired) electrons. The molecule has 0 aliphatic rings. The number of para-hydroxylation sites is 1. The molecule has 3 aromatic carbocycles. The lowest BCUT2D eigenvalue weighted by Crippen LogP contribution is -2.18. The largest absolute Gasteiger partial charge is 0.508 e. The Balaban J connectivity index is 1.61. The fraction of sp³-hybridized carbons (Fsp3) is 0.0435. The number of carbonyl (C=O) groups excluding carboxylic acids is 2. The summed E-state index contributed by atoms with van der Waals surface area (Å²) < 4.78 is 2.22. The third kappa shape index (κ3) is 4.52. The molecular weight excluding hydrogens is 476 g/mol. The Morgan fingerprint density at radius 3 is 2.34 bits per heavy atom. The molecule has 0 bridgehead atoms. The van der Waals surface area contributed by atoms with E-state index in [1.807, 2.05) is 0 Å². The molecule has 0 unspecified atom stereocenters. The fourth-order valence-electron chi connectivity index (χ4n) is 3.16. The number of benzene rings is 3. The van der Waals surface area contributed by atoms with E-state index in [4.69, 9.17) is 0 Å². The summed E-state index contributed by atoms with van der Waals surface area (Å²) in [4.78, 5) is 24.9. The highest BCUT2D eigenvalue weighted by atomic mass is 79.9. The first-order chi connectivity index (χ1) is 15.4. The summed E-state index contributed by atoms with van der Waals surface area (Å²) in [6.07, 6.45) is 0. The van der Waals surface area contributed by atoms with E-state index in [9.17, 15) is 19.8 Å². The molecule has 0 fully saturated rings. The van der Waals surface area contributed by atoms with Crippen molar-refractivity contribution in [3.8, 4) is 11.6 Å². The van der Waals surface area contributed by atoms with Crippen LogP contribution in [0.3, 0.4) is 0 Å². The van der Waals surface area contributed by atoms with Gasteiger partial charge in [0.25, 0.3) is 5.91 Å². The molecule has 1 aromatic heterocycles. The molecule has 0 atom stereocenters. The summed E-state index contributed by atoms with van der Waals surface area (Å²) in [5.41, 5.74) is 1.52. The fourth-order valence-corrected chi connectivity index (χ4v) is 3.43. The second kappa shape index (κ2) is 9.03. The van der Waals surface area contributed by atoms with Crippen molar-refractivity contribution in [2.75, 3.05) is 5.32 Å². The van der Waals surface area contributed by atoms with Gasteiger partial charge in [-0.1, -0.05) is 34.1 Å². The van der Waals surface area contributed by atoms with E-state index in [0.29, 0.717) is 22.2 Å². The average Bonchev–Trinajstić information content (AvgIpc) is 3.05. The normalized spacial score (nSPS) is 11.2. The van der Waals surface area contributed by atoms with E-state index in [0.717, 1.165) is 4.47 Å². The maximum absolute atomic E-state index is 12.5. The molecule has 9 heteroatoms. The van der Waals surface area contributed by atoms with Crippen LogP contribution in [-0.2, 0) is 11.3 Å². The number of carbonyl (C=O) groups is 2. The molecule has 4 aromatic rings. The van der Waals surface area contributed by atoms with Crippen LogP contribution in [0, 0.1) is 0 Å². The maximum Gasteiger partial charge on any atom is 0.295 e. The Kier molecular flexibility index (Phi) is 6.00. The lowest BCUT2D eigenvalue weighted by Gasteiger charge is -2.08. The second-order valence-electron chi connectivity index (χ2n) is 6.88. The van der Waals surface area contributed by atoms with Crippen molar-refractivity contribution in [2.24, 2.45) is 10.2 Å². The Morgan fingerprint density at radius 2 is 1.62 bits per heavy atom. The van der Waals surface area contributed by atoms with Crippen molar-refractivity contribution < 1.29 is 19.8 Å². The summed E-state index contributed by atoms with van der Waals surface area (Å²) in [6.45, 7) is -0.191. The number of hydrogen-bond acceptors (Lipinski definition) is 5. The van der Waals surface area contributed by atoms with Crippen LogP contribution in [0.15, 0.2) is 87.5 Å². The van der Waals surface area contributed by atoms with Crippen LogP contribution in [0.5, 0.6) is 11.6 Å². The van der Waals surface area contributed by atoms with E-state index in [-0.39, 0.29) is 29.8 Å². The minimum absolute atomic E-state index is 0.0877. The van der Waals surface area contributed by atoms with Crippen molar-refractivity contribution in [3.63, 3.8) is 0 Å². The van der Waals surface area contributed by atoms with Crippen molar-refractivity contribution >= 4 is 50.0 Å². The van der Waals surface area contributed by atoms with Gasteiger partial charge in [0.2, 0.25) is 11.8 Å². The average molecular weight is 493 g/mol. The number of nitrogens with one attached hydrogen (secondary N) is 1. The molecular formula is C23H17BrN4O4. The number of azo groups is 1. The standard InChI is InChI=1S/C23H17BrN4O4/c24-15-7-5-14(6-8-15)22(31)27-26-21-18-3-1-2-4-19(18)28(23(21)32)13-20(30)25-16-9-11-17(29)12-10-16/h1-12,29,32H,13H2,(H,25,30). The number of hydrogen-bond donors (Lipinski definition) is 3. The van der Waals surface area contributed by atoms with Gasteiger partial charge in [-0.3, -0.25) is 9.59 Å². The van der Waals surface area contributed by atoms with Crippen molar-refractivity contribution in [3.05, 3.63) is 82.8 Å². The zero-order chi connectivity index (χ0) is 22.7. The summed E-state index contributed by atoms with van der Waals surface area (Å²) >= 11 is 3.31. The van der Waals surface area contributed by atoms with Crippen LogP contribution < -0.4 is 5.32 Å². The van der Waals surface area contributed by atoms with Gasteiger partial charge in [0, 0.05) is 21.1 Å². The first-order valence-electron chi connectivity index (χ1n) is 9.53. The molecule has 0 spiro atoms. The van der Waals surface area contributed by atoms with Crippen LogP contribution in [0.4, 0.5) is 11.4 Å². The van der Waals surface area contributed by atoms with Gasteiger partial charge >= 0.3 is 0 Å². The molecule has 4 rings (SSSR count). The number of fused-ring (bicyclic) bond motifs is 1. The van der Waals surface area contributed by atoms with E-state index in [1.165, 1.54) is 16.7 Å². The van der Waals surface area contributed by atoms with Crippen LogP contribution in [0.2, 0.25) is 0 Å². The Bertz CT molecular complexity index is 1330. The first-order valence-corrected chi connectivity index (χ1v) is 10.3. The summed E-state index contributed by atoms with van der Waals surface area (Å²) in [6, 6.07) is 19.7. The molecule has 0 aliphatic carbocycles. The second-order valence-corrected chi connectivity index (χ2v) is 7.80. The summed E-state index contributed by atoms with van der Waals surface area (Å²) in [5, 5.41) is 31.1. The zero-order valence-corrected chi connectivity index (χ0v) is 18.2. The van der Waals surface area contributed by atoms with Gasteiger partial charge in [0.15, 0.2) is 5.69 Å². The third-order valence-electron chi connectivity index (χ3n) is 4.70. The van der Waals surface area contributed by atoms with Gasteiger partial charge in [-0.15, -0.1) is 10.2 Å². The summed E-state index contributed by atoms with van der Waals surface area (Å²) in [5.74, 6) is -1.14. The number of anilines is 1. The number of phenolic OH excluding ortho intramolecular Hbond substituents is 1. The Hall–Kier alpha value is -3.98. The highest BCUT2D eigenvalue weighted by Gasteiger charge is 2.19. The number of phenols is 1. The van der Waals surface area contributed by atoms with Gasteiger partial charge in [0.1, 0.15) is 12.3 Å². The first kappa shape index (κ1) is 21.3. The lowest BCUT2D eigenvalue weighted by molar-refractivity contribution is -0.116. The van der Waals surface area contributed by atoms with E-state index in [1.54, 1.807) is 60.7 Å². The Morgan fingerprint density at radius 1 is 0.938 bits per heavy atom. The van der Waals surface area contributed by atoms with Gasteiger partial charge in [-0.2, -0.15) is 0 Å². The maximum atomic E-state index is 12.5. The third-order valence-corrected chi connectivity index (χ3v) is 5.23. The quantitative estimate of drug-likeness (QED) is 0.256. The highest BCUT2D eigenvalue weighted by molar-refractivity contribution is 9.10. The number of nitrogens with zero attached hydrogens (tertiary/aromatic N) is 3. The van der Waals surface area contributed by atoms with E-state index >= 15 is 0 Å². The van der Waals surface area contributed by atoms with Gasteiger partial charge < -0.3 is 20.1 Å². The SMILES string of the molecule is O=C(Cn1c(O)c(N=NC(=O)c2ccc(Br)cc2)c2ccccc21)Nc1ccc(O)cc1. The number of aromatic nitrogens is 1. The van der Waals surface area contributed by atoms with E-state index < -0.39 is 5.91 Å². The van der Waals surface area contributed by atoms with Crippen LogP contribution >= 0.6 is 15.9 Å². The number of halogens is 1. The highest BCUT2D eigenvalue weighted by Crippen LogP contribution is 2.38. The van der Waals surface area contributed by atoms with Gasteiger partial charge in [0.05, 0.1) is 5.52 Å². The molecule has 3 N–H and O–H groups in total. The van der Waals surface area contributed by atoms with Crippen LogP contribution in [0.25, 0.3) is 10.9 Å². The lowest BCUT2D eigenvalue weighted by atomic mass is 10.2. The molecule has 32 heavy (non-hydrogen) atoms. The minimum atomic E-state index is -0.557. The predicted octanol–water partition coefficient (Wildman–Crippen LogP) is 5.38. The van der Waals surface area contributed by atoms with E-state index in [2.05, 4.69) is 31.5 Å². The molecule has 1 heterocycles. The number of amides is 2. The topological polar surface area (TPSA) is 116 Å². The van der Waals surface area contributed by atoms with Crippen LogP contribution in [-0.4, -0.2) is 26.6 Å². The summed E-state index contributed by atoms with van der Waals surface area (Å²) in [7, 11) is 0. The predicted molar refractivity (Wildman–Crippen MR) is 123 cm³/mol. The molecule has 8 nitrogen and oxygen atoms in total. The molecule has 0 saturated carbocycles. The number of aromatic hydroxyl groups is 2. The molecule has 160 valence electrons. The van der Waals surface area contributed by atoms with Crippen LogP contribution in [0.1, 0.15) is 10.4 Å². The van der Waals surface area contributed by atoms with Gasteiger partial charge in [-0.25, -0.2) is 0 Å². The molecule has 0 saturated heterocycles. The van der Waals surface area contributed by atoms with Crippen molar-refractivity contribution in [1.82, 2.24) is 4.57 Å². The number of rotatable bonds is 5.